The fourth-order valence-corrected chi connectivity index (χ4v) is 2.94. The molecule has 0 aliphatic heterocycles. The zero-order valence-corrected chi connectivity index (χ0v) is 9.84. The maximum Gasteiger partial charge on any atom is 0.150 e. The highest BCUT2D eigenvalue weighted by molar-refractivity contribution is 8.76. The minimum absolute atomic E-state index is 0.000254. The maximum absolute atomic E-state index is 11.3. The van der Waals surface area contributed by atoms with Gasteiger partial charge in [-0.05, 0) is 7.05 Å². The minimum Gasteiger partial charge on any atom is -0.330 e. The lowest BCUT2D eigenvalue weighted by Gasteiger charge is -2.12. The summed E-state index contributed by atoms with van der Waals surface area (Å²) >= 11 is 0. The molecule has 3 N–H and O–H groups in total. The number of carbonyl (C=O) groups is 1. The molecule has 0 heterocycles. The van der Waals surface area contributed by atoms with E-state index < -0.39 is 0 Å². The number of rotatable bonds is 8. The number of hydrogen-bond donors (Lipinski definition) is 2. The van der Waals surface area contributed by atoms with Gasteiger partial charge in [0.15, 0.2) is 0 Å². The van der Waals surface area contributed by atoms with Crippen LogP contribution in [0.2, 0.25) is 0 Å². The van der Waals surface area contributed by atoms with Gasteiger partial charge in [0.05, 0.1) is 6.04 Å². The van der Waals surface area contributed by atoms with Gasteiger partial charge in [-0.25, -0.2) is 0 Å². The average molecular weight is 222 g/mol. The first kappa shape index (κ1) is 13.3. The first-order valence-electron chi connectivity index (χ1n) is 4.40. The summed E-state index contributed by atoms with van der Waals surface area (Å²) in [4.78, 5) is 11.3. The number of nitrogens with two attached hydrogens (primary N) is 1. The molecular formula is C8H18N2OS2. The molecule has 0 radical (unpaired) electrons. The van der Waals surface area contributed by atoms with Crippen LogP contribution in [0.1, 0.15) is 13.3 Å². The van der Waals surface area contributed by atoms with Crippen molar-refractivity contribution in [3.8, 4) is 0 Å². The lowest BCUT2D eigenvalue weighted by molar-refractivity contribution is -0.120. The fourth-order valence-electron chi connectivity index (χ4n) is 0.807. The van der Waals surface area contributed by atoms with Crippen molar-refractivity contribution in [3.05, 3.63) is 0 Å². The van der Waals surface area contributed by atoms with E-state index >= 15 is 0 Å². The predicted octanol–water partition coefficient (Wildman–Crippen LogP) is 0.894. The van der Waals surface area contributed by atoms with E-state index in [2.05, 4.69) is 5.32 Å². The van der Waals surface area contributed by atoms with Crippen molar-refractivity contribution < 1.29 is 4.79 Å². The molecule has 1 atom stereocenters. The molecule has 0 unspecified atom stereocenters. The number of nitrogens with one attached hydrogen (secondary N) is 1. The third kappa shape index (κ3) is 6.37. The van der Waals surface area contributed by atoms with Crippen LogP contribution in [0.15, 0.2) is 0 Å². The summed E-state index contributed by atoms with van der Waals surface area (Å²) < 4.78 is 0. The molecule has 0 aromatic carbocycles. The lowest BCUT2D eigenvalue weighted by atomic mass is 10.2. The molecule has 13 heavy (non-hydrogen) atoms. The van der Waals surface area contributed by atoms with Gasteiger partial charge in [0.1, 0.15) is 5.78 Å². The van der Waals surface area contributed by atoms with Gasteiger partial charge in [0.2, 0.25) is 0 Å². The summed E-state index contributed by atoms with van der Waals surface area (Å²) in [5.74, 6) is 2.05. The van der Waals surface area contributed by atoms with Gasteiger partial charge in [-0.1, -0.05) is 28.5 Å². The maximum atomic E-state index is 11.3. The number of carbonyl (C=O) groups excluding carboxylic acids is 1. The van der Waals surface area contributed by atoms with Crippen LogP contribution in [0.25, 0.3) is 0 Å². The topological polar surface area (TPSA) is 55.1 Å². The first-order chi connectivity index (χ1) is 6.26. The van der Waals surface area contributed by atoms with Crippen molar-refractivity contribution in [2.24, 2.45) is 5.73 Å². The summed E-state index contributed by atoms with van der Waals surface area (Å²) in [5, 5.41) is 3.01. The highest BCUT2D eigenvalue weighted by Crippen LogP contribution is 2.21. The van der Waals surface area contributed by atoms with E-state index in [0.717, 1.165) is 11.5 Å². The van der Waals surface area contributed by atoms with Crippen LogP contribution >= 0.6 is 21.6 Å². The van der Waals surface area contributed by atoms with E-state index in [1.54, 1.807) is 21.6 Å². The summed E-state index contributed by atoms with van der Waals surface area (Å²) in [6, 6.07) is 0.000254. The highest BCUT2D eigenvalue weighted by atomic mass is 33.1. The standard InChI is InChI=1S/C8H18N2OS2/c1-3-8(11)7(10-2)6-13-12-5-4-9/h7,10H,3-6,9H2,1-2H3/t7-/m1/s1. The molecule has 3 nitrogen and oxygen atoms in total. The Labute approximate surface area is 88.0 Å². The van der Waals surface area contributed by atoms with E-state index in [1.807, 2.05) is 14.0 Å². The van der Waals surface area contributed by atoms with Crippen molar-refractivity contribution in [1.82, 2.24) is 5.32 Å². The Kier molecular flexibility index (Phi) is 9.07. The zero-order chi connectivity index (χ0) is 10.1. The van der Waals surface area contributed by atoms with Gasteiger partial charge >= 0.3 is 0 Å². The minimum atomic E-state index is 0.000254. The van der Waals surface area contributed by atoms with Gasteiger partial charge < -0.3 is 11.1 Å². The summed E-state index contributed by atoms with van der Waals surface area (Å²) in [6.45, 7) is 2.59. The van der Waals surface area contributed by atoms with Crippen LogP contribution < -0.4 is 11.1 Å². The Morgan fingerprint density at radius 3 is 2.69 bits per heavy atom. The molecule has 0 aromatic rings. The Hall–Kier alpha value is 0.290. The Bertz CT molecular complexity index is 144. The monoisotopic (exact) mass is 222 g/mol. The second-order valence-corrected chi connectivity index (χ2v) is 5.18. The molecule has 0 bridgehead atoms. The number of likely N-dealkylation sites (N-methyl/N-ethyl adjacent to an activating group) is 1. The van der Waals surface area contributed by atoms with Crippen LogP contribution in [-0.2, 0) is 4.79 Å². The Balaban J connectivity index is 3.53. The third-order valence-electron chi connectivity index (χ3n) is 1.60. The lowest BCUT2D eigenvalue weighted by Crippen LogP contribution is -2.35. The van der Waals surface area contributed by atoms with Crippen molar-refractivity contribution in [2.75, 3.05) is 25.1 Å². The molecule has 0 saturated carbocycles. The van der Waals surface area contributed by atoms with Crippen LogP contribution in [0.4, 0.5) is 0 Å². The van der Waals surface area contributed by atoms with Gasteiger partial charge in [-0.3, -0.25) is 4.79 Å². The van der Waals surface area contributed by atoms with E-state index in [-0.39, 0.29) is 11.8 Å². The molecule has 0 aliphatic carbocycles. The largest absolute Gasteiger partial charge is 0.330 e. The van der Waals surface area contributed by atoms with Gasteiger partial charge in [0, 0.05) is 24.5 Å². The van der Waals surface area contributed by atoms with E-state index in [1.165, 1.54) is 0 Å². The Morgan fingerprint density at radius 1 is 1.54 bits per heavy atom. The van der Waals surface area contributed by atoms with Crippen molar-refractivity contribution in [3.63, 3.8) is 0 Å². The first-order valence-corrected chi connectivity index (χ1v) is 6.89. The van der Waals surface area contributed by atoms with Crippen LogP contribution in [-0.4, -0.2) is 36.9 Å². The second-order valence-electron chi connectivity index (χ2n) is 2.56. The van der Waals surface area contributed by atoms with Gasteiger partial charge in [-0.2, -0.15) is 0 Å². The van der Waals surface area contributed by atoms with E-state index in [9.17, 15) is 4.79 Å². The third-order valence-corrected chi connectivity index (χ3v) is 4.05. The van der Waals surface area contributed by atoms with Crippen LogP contribution in [0.3, 0.4) is 0 Å². The van der Waals surface area contributed by atoms with E-state index in [4.69, 9.17) is 5.73 Å². The zero-order valence-electron chi connectivity index (χ0n) is 8.21. The van der Waals surface area contributed by atoms with Gasteiger partial charge in [-0.15, -0.1) is 0 Å². The molecule has 0 spiro atoms. The molecule has 0 aromatic heterocycles. The molecule has 0 rings (SSSR count). The number of hydrogen-bond acceptors (Lipinski definition) is 5. The molecule has 5 heteroatoms. The molecular weight excluding hydrogens is 204 g/mol. The molecule has 0 saturated heterocycles. The van der Waals surface area contributed by atoms with Crippen molar-refractivity contribution in [2.45, 2.75) is 19.4 Å². The summed E-state index contributed by atoms with van der Waals surface area (Å²) in [5.41, 5.74) is 5.35. The summed E-state index contributed by atoms with van der Waals surface area (Å²) in [6.07, 6.45) is 0.605. The molecule has 0 amide bonds. The quantitative estimate of drug-likeness (QED) is 0.472. The molecule has 78 valence electrons. The smallest absolute Gasteiger partial charge is 0.150 e. The number of ketones is 1. The van der Waals surface area contributed by atoms with Crippen molar-refractivity contribution in [1.29, 1.82) is 0 Å². The molecule has 0 fully saturated rings. The SMILES string of the molecule is CCC(=O)[C@@H](CSSCCN)NC. The van der Waals surface area contributed by atoms with Gasteiger partial charge in [0.25, 0.3) is 0 Å². The van der Waals surface area contributed by atoms with Crippen LogP contribution in [0, 0.1) is 0 Å². The average Bonchev–Trinajstić information content (AvgIpc) is 2.17. The summed E-state index contributed by atoms with van der Waals surface area (Å²) in [7, 11) is 5.26. The highest BCUT2D eigenvalue weighted by Gasteiger charge is 2.13. The molecule has 0 aliphatic rings. The second kappa shape index (κ2) is 8.87. The van der Waals surface area contributed by atoms with Crippen LogP contribution in [0.5, 0.6) is 0 Å². The normalized spacial score (nSPS) is 12.8. The fraction of sp³-hybridized carbons (Fsp3) is 0.875. The predicted molar refractivity (Wildman–Crippen MR) is 62.1 cm³/mol. The van der Waals surface area contributed by atoms with Crippen molar-refractivity contribution >= 4 is 27.4 Å². The Morgan fingerprint density at radius 2 is 2.23 bits per heavy atom. The number of Topliss-reactive ketones (excluding diaryl/α,β-unsaturated/α-hetero) is 1. The van der Waals surface area contributed by atoms with E-state index in [0.29, 0.717) is 13.0 Å².